The highest BCUT2D eigenvalue weighted by Gasteiger charge is 2.30. The molecule has 0 saturated carbocycles. The van der Waals surface area contributed by atoms with E-state index in [9.17, 15) is 27.6 Å². The Morgan fingerprint density at radius 1 is 1.08 bits per heavy atom. The second-order valence-corrected chi connectivity index (χ2v) is 6.60. The first kappa shape index (κ1) is 17.9. The smallest absolute Gasteiger partial charge is 0.321 e. The summed E-state index contributed by atoms with van der Waals surface area (Å²) >= 11 is 0.953. The molecule has 0 unspecified atom stereocenters. The minimum Gasteiger partial charge on any atom is -0.321 e. The van der Waals surface area contributed by atoms with Crippen molar-refractivity contribution in [3.63, 3.8) is 0 Å². The number of amides is 1. The van der Waals surface area contributed by atoms with Gasteiger partial charge in [0, 0.05) is 19.8 Å². The maximum atomic E-state index is 12.6. The molecular weight excluding hydrogens is 371 g/mol. The van der Waals surface area contributed by atoms with E-state index >= 15 is 0 Å². The van der Waals surface area contributed by atoms with E-state index in [-0.39, 0.29) is 16.0 Å². The van der Waals surface area contributed by atoms with Gasteiger partial charge in [0.05, 0.1) is 15.8 Å². The summed E-state index contributed by atoms with van der Waals surface area (Å²) in [5.41, 5.74) is -1.68. The fourth-order valence-electron chi connectivity index (χ4n) is 2.41. The van der Waals surface area contributed by atoms with Crippen LogP contribution in [-0.2, 0) is 20.3 Å². The summed E-state index contributed by atoms with van der Waals surface area (Å²) in [5, 5.41) is 2.69. The number of anilines is 1. The molecule has 0 fully saturated rings. The molecule has 0 atom stereocenters. The molecular formula is C16H12F3N3O3S. The van der Waals surface area contributed by atoms with Gasteiger partial charge in [-0.25, -0.2) is 4.79 Å². The van der Waals surface area contributed by atoms with E-state index < -0.39 is 28.9 Å². The summed E-state index contributed by atoms with van der Waals surface area (Å²) in [4.78, 5) is 36.9. The Balaban J connectivity index is 1.94. The Bertz CT molecular complexity index is 1120. The van der Waals surface area contributed by atoms with Crippen LogP contribution in [0.25, 0.3) is 10.2 Å². The van der Waals surface area contributed by atoms with Crippen LogP contribution in [0.2, 0.25) is 0 Å². The monoisotopic (exact) mass is 383 g/mol. The lowest BCUT2D eigenvalue weighted by molar-refractivity contribution is -0.137. The van der Waals surface area contributed by atoms with Crippen LogP contribution in [0.5, 0.6) is 0 Å². The van der Waals surface area contributed by atoms with Crippen LogP contribution < -0.4 is 16.6 Å². The topological polar surface area (TPSA) is 73.1 Å². The lowest BCUT2D eigenvalue weighted by Crippen LogP contribution is -2.36. The van der Waals surface area contributed by atoms with Gasteiger partial charge in [0.15, 0.2) is 0 Å². The zero-order valence-corrected chi connectivity index (χ0v) is 14.4. The third kappa shape index (κ3) is 3.03. The minimum absolute atomic E-state index is 0.165. The molecule has 2 aromatic heterocycles. The Labute approximate surface area is 148 Å². The number of hydrogen-bond acceptors (Lipinski definition) is 4. The van der Waals surface area contributed by atoms with E-state index in [1.54, 1.807) is 0 Å². The van der Waals surface area contributed by atoms with E-state index in [2.05, 4.69) is 5.32 Å². The number of thiophene rings is 1. The van der Waals surface area contributed by atoms with Crippen molar-refractivity contribution >= 4 is 33.1 Å². The summed E-state index contributed by atoms with van der Waals surface area (Å²) in [6, 6.07) is 5.37. The average molecular weight is 383 g/mol. The molecule has 26 heavy (non-hydrogen) atoms. The second kappa shape index (κ2) is 6.13. The van der Waals surface area contributed by atoms with Gasteiger partial charge in [-0.15, -0.1) is 11.3 Å². The number of fused-ring (bicyclic) bond motifs is 1. The van der Waals surface area contributed by atoms with Crippen molar-refractivity contribution in [3.8, 4) is 0 Å². The number of alkyl halides is 3. The molecule has 0 aliphatic rings. The third-order valence-corrected chi connectivity index (χ3v) is 5.03. The van der Waals surface area contributed by atoms with Crippen LogP contribution in [0.3, 0.4) is 0 Å². The zero-order chi connectivity index (χ0) is 19.2. The van der Waals surface area contributed by atoms with Crippen molar-refractivity contribution in [2.45, 2.75) is 6.18 Å². The van der Waals surface area contributed by atoms with Gasteiger partial charge in [0.1, 0.15) is 4.83 Å². The van der Waals surface area contributed by atoms with Crippen molar-refractivity contribution in [3.05, 3.63) is 61.6 Å². The van der Waals surface area contributed by atoms with E-state index in [0.29, 0.717) is 4.83 Å². The molecule has 1 N–H and O–H groups in total. The van der Waals surface area contributed by atoms with Crippen LogP contribution in [0.15, 0.2) is 39.9 Å². The highest BCUT2D eigenvalue weighted by molar-refractivity contribution is 7.20. The van der Waals surface area contributed by atoms with Gasteiger partial charge in [0.25, 0.3) is 11.5 Å². The molecule has 1 aromatic carbocycles. The number of aryl methyl sites for hydroxylation is 1. The summed E-state index contributed by atoms with van der Waals surface area (Å²) in [7, 11) is 2.82. The number of carbonyl (C=O) groups excluding carboxylic acids is 1. The average Bonchev–Trinajstić information content (AvgIpc) is 3.03. The number of hydrogen-bond donors (Lipinski definition) is 1. The Morgan fingerprint density at radius 3 is 2.27 bits per heavy atom. The molecule has 0 radical (unpaired) electrons. The first-order valence-corrected chi connectivity index (χ1v) is 8.09. The second-order valence-electron chi connectivity index (χ2n) is 5.56. The zero-order valence-electron chi connectivity index (χ0n) is 13.5. The Morgan fingerprint density at radius 2 is 1.69 bits per heavy atom. The SMILES string of the molecule is Cn1c(=O)c2cc(C(=O)Nc3ccc(C(F)(F)F)cc3)sc2n(C)c1=O. The number of rotatable bonds is 2. The minimum atomic E-state index is -4.46. The molecule has 136 valence electrons. The third-order valence-electron chi connectivity index (χ3n) is 3.82. The van der Waals surface area contributed by atoms with E-state index in [1.165, 1.54) is 24.7 Å². The molecule has 0 aliphatic carbocycles. The largest absolute Gasteiger partial charge is 0.416 e. The van der Waals surface area contributed by atoms with Crippen molar-refractivity contribution in [2.75, 3.05) is 5.32 Å². The van der Waals surface area contributed by atoms with Crippen molar-refractivity contribution in [1.82, 2.24) is 9.13 Å². The number of aromatic nitrogens is 2. The van der Waals surface area contributed by atoms with Gasteiger partial charge in [-0.2, -0.15) is 13.2 Å². The summed E-state index contributed by atoms with van der Waals surface area (Å²) in [5.74, 6) is -0.583. The Hall–Kier alpha value is -2.88. The van der Waals surface area contributed by atoms with Crippen LogP contribution in [0.4, 0.5) is 18.9 Å². The highest BCUT2D eigenvalue weighted by atomic mass is 32.1. The van der Waals surface area contributed by atoms with Crippen LogP contribution in [0.1, 0.15) is 15.2 Å². The van der Waals surface area contributed by atoms with Gasteiger partial charge in [-0.3, -0.25) is 18.7 Å². The van der Waals surface area contributed by atoms with E-state index in [1.807, 2.05) is 0 Å². The van der Waals surface area contributed by atoms with Gasteiger partial charge < -0.3 is 5.32 Å². The predicted molar refractivity (Wildman–Crippen MR) is 91.7 cm³/mol. The van der Waals surface area contributed by atoms with Gasteiger partial charge in [0.2, 0.25) is 0 Å². The van der Waals surface area contributed by atoms with Crippen molar-refractivity contribution in [1.29, 1.82) is 0 Å². The first-order valence-electron chi connectivity index (χ1n) is 7.28. The molecule has 0 spiro atoms. The van der Waals surface area contributed by atoms with Crippen LogP contribution >= 0.6 is 11.3 Å². The van der Waals surface area contributed by atoms with Crippen molar-refractivity contribution in [2.24, 2.45) is 14.1 Å². The van der Waals surface area contributed by atoms with E-state index in [0.717, 1.165) is 40.2 Å². The van der Waals surface area contributed by atoms with Gasteiger partial charge >= 0.3 is 11.9 Å². The summed E-state index contributed by atoms with van der Waals surface area (Å²) in [6.07, 6.45) is -4.46. The fraction of sp³-hybridized carbons (Fsp3) is 0.188. The lowest BCUT2D eigenvalue weighted by Gasteiger charge is -2.08. The number of carbonyl (C=O) groups is 1. The maximum Gasteiger partial charge on any atom is 0.416 e. The Kier molecular flexibility index (Phi) is 4.23. The van der Waals surface area contributed by atoms with Crippen molar-refractivity contribution < 1.29 is 18.0 Å². The van der Waals surface area contributed by atoms with Crippen LogP contribution in [-0.4, -0.2) is 15.0 Å². The number of nitrogens with zero attached hydrogens (tertiary/aromatic N) is 2. The predicted octanol–water partition coefficient (Wildman–Crippen LogP) is 2.57. The number of halogens is 3. The van der Waals surface area contributed by atoms with Gasteiger partial charge in [-0.05, 0) is 30.3 Å². The molecule has 1 amide bonds. The highest BCUT2D eigenvalue weighted by Crippen LogP contribution is 2.30. The molecule has 10 heteroatoms. The maximum absolute atomic E-state index is 12.6. The molecule has 3 rings (SSSR count). The number of nitrogens with one attached hydrogen (secondary N) is 1. The van der Waals surface area contributed by atoms with Gasteiger partial charge in [-0.1, -0.05) is 0 Å². The van der Waals surface area contributed by atoms with Crippen LogP contribution in [0, 0.1) is 0 Å². The number of benzene rings is 1. The summed E-state index contributed by atoms with van der Waals surface area (Å²) in [6.45, 7) is 0. The normalized spacial score (nSPS) is 11.7. The fourth-order valence-corrected chi connectivity index (χ4v) is 3.41. The quantitative estimate of drug-likeness (QED) is 0.739. The summed E-state index contributed by atoms with van der Waals surface area (Å²) < 4.78 is 39.9. The lowest BCUT2D eigenvalue weighted by atomic mass is 10.2. The standard InChI is InChI=1S/C16H12F3N3O3S/c1-21-13(24)10-7-11(26-14(10)22(2)15(21)25)12(23)20-9-5-3-8(4-6-9)16(17,18)19/h3-7H,1-2H3,(H,20,23). The molecule has 0 bridgehead atoms. The molecule has 6 nitrogen and oxygen atoms in total. The first-order chi connectivity index (χ1) is 12.1. The molecule has 3 aromatic rings. The van der Waals surface area contributed by atoms with E-state index in [4.69, 9.17) is 0 Å². The molecule has 2 heterocycles. The molecule has 0 aliphatic heterocycles. The molecule has 0 saturated heterocycles.